The number of rotatable bonds is 5. The van der Waals surface area contributed by atoms with Crippen LogP contribution in [0.3, 0.4) is 0 Å². The van der Waals surface area contributed by atoms with Crippen LogP contribution in [0.25, 0.3) is 0 Å². The average Bonchev–Trinajstić information content (AvgIpc) is 2.96. The zero-order valence-electron chi connectivity index (χ0n) is 9.74. The Hall–Kier alpha value is -0.0300. The lowest BCUT2D eigenvalue weighted by atomic mass is 9.96. The number of hydrazine groups is 1. The molecule has 1 aliphatic heterocycles. The number of nitrogens with one attached hydrogen (secondary N) is 1. The van der Waals surface area contributed by atoms with Crippen molar-refractivity contribution in [1.82, 2.24) is 5.43 Å². The zero-order chi connectivity index (χ0) is 11.4. The van der Waals surface area contributed by atoms with Crippen LogP contribution in [0.4, 0.5) is 0 Å². The van der Waals surface area contributed by atoms with Crippen molar-refractivity contribution in [3.05, 3.63) is 21.9 Å². The van der Waals surface area contributed by atoms with Crippen LogP contribution in [0.2, 0.25) is 0 Å². The van der Waals surface area contributed by atoms with E-state index in [1.807, 2.05) is 11.3 Å². The van der Waals surface area contributed by atoms with Crippen LogP contribution in [0, 0.1) is 5.92 Å². The highest BCUT2D eigenvalue weighted by molar-refractivity contribution is 7.99. The molecule has 0 bridgehead atoms. The standard InChI is InChI=1S/C12H20N2S2/c1-2-10-3-4-11(16-10)7-12(14-13)9-5-6-15-8-9/h3-4,9,12,14H,2,5-8,13H2,1H3. The monoisotopic (exact) mass is 256 g/mol. The maximum Gasteiger partial charge on any atom is 0.0295 e. The van der Waals surface area contributed by atoms with E-state index in [4.69, 9.17) is 5.84 Å². The van der Waals surface area contributed by atoms with Gasteiger partial charge in [-0.15, -0.1) is 11.3 Å². The Bertz CT molecular complexity index is 319. The maximum absolute atomic E-state index is 5.69. The Balaban J connectivity index is 1.94. The lowest BCUT2D eigenvalue weighted by Crippen LogP contribution is -2.42. The van der Waals surface area contributed by atoms with Crippen LogP contribution in [-0.4, -0.2) is 17.5 Å². The molecule has 1 fully saturated rings. The zero-order valence-corrected chi connectivity index (χ0v) is 11.4. The minimum atomic E-state index is 0.457. The van der Waals surface area contributed by atoms with E-state index in [2.05, 4.69) is 36.2 Å². The summed E-state index contributed by atoms with van der Waals surface area (Å²) in [6.45, 7) is 2.21. The van der Waals surface area contributed by atoms with Crippen molar-refractivity contribution in [3.8, 4) is 0 Å². The van der Waals surface area contributed by atoms with Crippen molar-refractivity contribution in [2.45, 2.75) is 32.2 Å². The van der Waals surface area contributed by atoms with Gasteiger partial charge in [-0.3, -0.25) is 11.3 Å². The van der Waals surface area contributed by atoms with Crippen LogP contribution in [-0.2, 0) is 12.8 Å². The van der Waals surface area contributed by atoms with Gasteiger partial charge in [-0.25, -0.2) is 0 Å². The molecule has 1 aromatic rings. The fourth-order valence-electron chi connectivity index (χ4n) is 2.17. The third-order valence-corrected chi connectivity index (χ3v) is 5.68. The molecule has 4 heteroatoms. The molecule has 3 N–H and O–H groups in total. The minimum Gasteiger partial charge on any atom is -0.271 e. The first-order valence-electron chi connectivity index (χ1n) is 5.95. The summed E-state index contributed by atoms with van der Waals surface area (Å²) in [5.41, 5.74) is 3.01. The van der Waals surface area contributed by atoms with Gasteiger partial charge in [-0.05, 0) is 48.8 Å². The van der Waals surface area contributed by atoms with Gasteiger partial charge in [0.25, 0.3) is 0 Å². The second kappa shape index (κ2) is 6.05. The molecule has 2 heterocycles. The molecule has 0 aliphatic carbocycles. The summed E-state index contributed by atoms with van der Waals surface area (Å²) in [5.74, 6) is 9.00. The second-order valence-corrected chi connectivity index (χ2v) is 6.73. The van der Waals surface area contributed by atoms with Crippen molar-refractivity contribution >= 4 is 23.1 Å². The summed E-state index contributed by atoms with van der Waals surface area (Å²) in [4.78, 5) is 2.95. The SMILES string of the molecule is CCc1ccc(CC(NN)C2CCSC2)s1. The summed E-state index contributed by atoms with van der Waals surface area (Å²) in [6, 6.07) is 4.96. The maximum atomic E-state index is 5.69. The molecule has 0 spiro atoms. The summed E-state index contributed by atoms with van der Waals surface area (Å²) in [5, 5.41) is 0. The highest BCUT2D eigenvalue weighted by Gasteiger charge is 2.24. The molecule has 1 saturated heterocycles. The number of hydrogen-bond donors (Lipinski definition) is 2. The molecule has 2 atom stereocenters. The first kappa shape index (κ1) is 12.4. The lowest BCUT2D eigenvalue weighted by molar-refractivity contribution is 0.388. The van der Waals surface area contributed by atoms with Gasteiger partial charge in [-0.2, -0.15) is 11.8 Å². The predicted molar refractivity (Wildman–Crippen MR) is 73.9 cm³/mol. The van der Waals surface area contributed by atoms with Crippen LogP contribution >= 0.6 is 23.1 Å². The van der Waals surface area contributed by atoms with Gasteiger partial charge in [0.15, 0.2) is 0 Å². The van der Waals surface area contributed by atoms with E-state index in [1.54, 1.807) is 0 Å². The molecule has 0 aromatic carbocycles. The molecule has 0 saturated carbocycles. The first-order chi connectivity index (χ1) is 7.83. The van der Waals surface area contributed by atoms with E-state index in [1.165, 1.54) is 27.7 Å². The number of thioether (sulfide) groups is 1. The van der Waals surface area contributed by atoms with Crippen molar-refractivity contribution in [2.75, 3.05) is 11.5 Å². The van der Waals surface area contributed by atoms with E-state index >= 15 is 0 Å². The van der Waals surface area contributed by atoms with Crippen molar-refractivity contribution in [2.24, 2.45) is 11.8 Å². The third kappa shape index (κ3) is 3.00. The quantitative estimate of drug-likeness (QED) is 0.628. The Morgan fingerprint density at radius 1 is 1.50 bits per heavy atom. The van der Waals surface area contributed by atoms with Crippen LogP contribution in [0.1, 0.15) is 23.1 Å². The summed E-state index contributed by atoms with van der Waals surface area (Å²) in [7, 11) is 0. The van der Waals surface area contributed by atoms with Crippen molar-refractivity contribution in [3.63, 3.8) is 0 Å². The van der Waals surface area contributed by atoms with E-state index in [9.17, 15) is 0 Å². The largest absolute Gasteiger partial charge is 0.271 e. The van der Waals surface area contributed by atoms with Gasteiger partial charge in [0, 0.05) is 15.8 Å². The van der Waals surface area contributed by atoms with Gasteiger partial charge >= 0.3 is 0 Å². The van der Waals surface area contributed by atoms with Gasteiger partial charge in [0.05, 0.1) is 0 Å². The Morgan fingerprint density at radius 2 is 2.31 bits per heavy atom. The number of thiophene rings is 1. The smallest absolute Gasteiger partial charge is 0.0295 e. The highest BCUT2D eigenvalue weighted by Crippen LogP contribution is 2.28. The highest BCUT2D eigenvalue weighted by atomic mass is 32.2. The second-order valence-electron chi connectivity index (χ2n) is 4.32. The summed E-state index contributed by atoms with van der Waals surface area (Å²) < 4.78 is 0. The van der Waals surface area contributed by atoms with E-state index < -0.39 is 0 Å². The van der Waals surface area contributed by atoms with Gasteiger partial charge < -0.3 is 0 Å². The molecule has 1 aliphatic rings. The number of nitrogens with two attached hydrogens (primary N) is 1. The molecule has 90 valence electrons. The molecule has 2 nitrogen and oxygen atoms in total. The van der Waals surface area contributed by atoms with Gasteiger partial charge in [0.1, 0.15) is 0 Å². The number of hydrogen-bond acceptors (Lipinski definition) is 4. The predicted octanol–water partition coefficient (Wildman–Crippen LogP) is 2.44. The molecular formula is C12H20N2S2. The molecule has 2 rings (SSSR count). The lowest BCUT2D eigenvalue weighted by Gasteiger charge is -2.21. The van der Waals surface area contributed by atoms with Crippen molar-refractivity contribution in [1.29, 1.82) is 0 Å². The fourth-order valence-corrected chi connectivity index (χ4v) is 4.52. The Morgan fingerprint density at radius 3 is 2.88 bits per heavy atom. The van der Waals surface area contributed by atoms with Crippen molar-refractivity contribution < 1.29 is 0 Å². The Labute approximate surface area is 106 Å². The molecule has 2 unspecified atom stereocenters. The fraction of sp³-hybridized carbons (Fsp3) is 0.667. The van der Waals surface area contributed by atoms with E-state index in [-0.39, 0.29) is 0 Å². The van der Waals surface area contributed by atoms with Gasteiger partial charge in [-0.1, -0.05) is 6.92 Å². The van der Waals surface area contributed by atoms with Crippen LogP contribution < -0.4 is 11.3 Å². The van der Waals surface area contributed by atoms with Crippen LogP contribution in [0.5, 0.6) is 0 Å². The molecular weight excluding hydrogens is 236 g/mol. The Kier molecular flexibility index (Phi) is 4.70. The molecule has 1 aromatic heterocycles. The third-order valence-electron chi connectivity index (χ3n) is 3.23. The molecule has 16 heavy (non-hydrogen) atoms. The van der Waals surface area contributed by atoms with E-state index in [0.717, 1.165) is 18.8 Å². The normalized spacial score (nSPS) is 22.5. The average molecular weight is 256 g/mol. The molecule has 0 amide bonds. The summed E-state index contributed by atoms with van der Waals surface area (Å²) in [6.07, 6.45) is 3.54. The minimum absolute atomic E-state index is 0.457. The van der Waals surface area contributed by atoms with Crippen LogP contribution in [0.15, 0.2) is 12.1 Å². The summed E-state index contributed by atoms with van der Waals surface area (Å²) >= 11 is 3.99. The number of aryl methyl sites for hydroxylation is 1. The van der Waals surface area contributed by atoms with Gasteiger partial charge in [0.2, 0.25) is 0 Å². The van der Waals surface area contributed by atoms with E-state index in [0.29, 0.717) is 6.04 Å². The topological polar surface area (TPSA) is 38.0 Å². The first-order valence-corrected chi connectivity index (χ1v) is 7.92. The molecule has 0 radical (unpaired) electrons.